The van der Waals surface area contributed by atoms with E-state index in [4.69, 9.17) is 28.0 Å². The number of hydrogen-bond acceptors (Lipinski definition) is 7. The Hall–Kier alpha value is -1.51. The van der Waals surface area contributed by atoms with Gasteiger partial charge in [0, 0.05) is 5.39 Å². The lowest BCUT2D eigenvalue weighted by Crippen LogP contribution is -2.13. The summed E-state index contributed by atoms with van der Waals surface area (Å²) in [6.07, 6.45) is 2.70. The maximum atomic E-state index is 11.6. The van der Waals surface area contributed by atoms with E-state index in [9.17, 15) is 9.46 Å². The van der Waals surface area contributed by atoms with Gasteiger partial charge in [-0.15, -0.1) is 0 Å². The normalized spacial score (nSPS) is 13.3. The van der Waals surface area contributed by atoms with Crippen LogP contribution in [0.1, 0.15) is 26.2 Å². The molecule has 2 aromatic carbocycles. The van der Waals surface area contributed by atoms with Gasteiger partial charge in [0.05, 0.1) is 52.9 Å². The third kappa shape index (κ3) is 11.4. The molecule has 2 rings (SSSR count). The summed E-state index contributed by atoms with van der Waals surface area (Å²) in [5, 5.41) is 2.24. The van der Waals surface area contributed by atoms with Crippen molar-refractivity contribution in [3.8, 4) is 5.75 Å². The van der Waals surface area contributed by atoms with E-state index >= 15 is 0 Å². The minimum atomic E-state index is -3.98. The summed E-state index contributed by atoms with van der Waals surface area (Å²) in [7, 11) is -3.98. The first-order valence-electron chi connectivity index (χ1n) is 11.1. The summed E-state index contributed by atoms with van der Waals surface area (Å²) in [6, 6.07) is 14.1. The van der Waals surface area contributed by atoms with Crippen LogP contribution in [0.2, 0.25) is 0 Å². The van der Waals surface area contributed by atoms with Crippen LogP contribution in [0.3, 0.4) is 0 Å². The first kappa shape index (κ1) is 26.7. The molecule has 0 saturated heterocycles. The number of ether oxygens (including phenoxy) is 4. The van der Waals surface area contributed by atoms with Crippen LogP contribution in [-0.4, -0.2) is 64.4 Å². The molecule has 8 nitrogen and oxygen atoms in total. The second-order valence-electron chi connectivity index (χ2n) is 7.00. The van der Waals surface area contributed by atoms with Gasteiger partial charge in [0.1, 0.15) is 12.4 Å². The third-order valence-electron chi connectivity index (χ3n) is 4.46. The summed E-state index contributed by atoms with van der Waals surface area (Å²) >= 11 is 0. The Morgan fingerprint density at radius 1 is 0.719 bits per heavy atom. The van der Waals surface area contributed by atoms with Gasteiger partial charge in [0.15, 0.2) is 0 Å². The smallest absolute Gasteiger partial charge is 0.472 e. The Labute approximate surface area is 190 Å². The second kappa shape index (κ2) is 16.2. The quantitative estimate of drug-likeness (QED) is 0.235. The Bertz CT molecular complexity index is 795. The molecule has 1 N–H and O–H groups in total. The topological polar surface area (TPSA) is 92.7 Å². The predicted octanol–water partition coefficient (Wildman–Crippen LogP) is 4.59. The van der Waals surface area contributed by atoms with Gasteiger partial charge in [-0.3, -0.25) is 9.05 Å². The number of fused-ring (bicyclic) bond motifs is 1. The number of rotatable bonds is 19. The molecule has 0 aliphatic rings. The van der Waals surface area contributed by atoms with Gasteiger partial charge in [-0.25, -0.2) is 4.57 Å². The summed E-state index contributed by atoms with van der Waals surface area (Å²) in [5.41, 5.74) is 0. The Kier molecular flexibility index (Phi) is 13.5. The zero-order chi connectivity index (χ0) is 22.9. The highest BCUT2D eigenvalue weighted by molar-refractivity contribution is 7.47. The molecule has 32 heavy (non-hydrogen) atoms. The van der Waals surface area contributed by atoms with Crippen LogP contribution < -0.4 is 4.74 Å². The highest BCUT2D eigenvalue weighted by Gasteiger charge is 2.20. The fourth-order valence-corrected chi connectivity index (χ4v) is 3.59. The second-order valence-corrected chi connectivity index (χ2v) is 8.46. The van der Waals surface area contributed by atoms with Gasteiger partial charge in [-0.1, -0.05) is 56.2 Å². The van der Waals surface area contributed by atoms with E-state index in [1.165, 1.54) is 0 Å². The molecule has 2 aromatic rings. The molecule has 0 saturated carbocycles. The van der Waals surface area contributed by atoms with Crippen LogP contribution in [0.4, 0.5) is 0 Å². The van der Waals surface area contributed by atoms with Gasteiger partial charge in [0.2, 0.25) is 0 Å². The largest absolute Gasteiger partial charge is 0.491 e. The number of unbranched alkanes of at least 4 members (excludes halogenated alkanes) is 2. The zero-order valence-corrected chi connectivity index (χ0v) is 19.7. The molecule has 1 atom stereocenters. The van der Waals surface area contributed by atoms with E-state index in [1.54, 1.807) is 0 Å². The van der Waals surface area contributed by atoms with Crippen molar-refractivity contribution in [1.82, 2.24) is 0 Å². The molecule has 9 heteroatoms. The number of phosphoric ester groups is 1. The molecule has 0 radical (unpaired) electrons. The van der Waals surface area contributed by atoms with Gasteiger partial charge < -0.3 is 23.8 Å². The summed E-state index contributed by atoms with van der Waals surface area (Å²) in [6.45, 7) is 5.06. The lowest BCUT2D eigenvalue weighted by Gasteiger charge is -2.12. The standard InChI is InChI=1S/C23H35O8P/c1-2-3-6-12-30-32(24,25)31-20-18-28-16-14-26-13-15-27-17-19-29-23-11-7-9-21-8-4-5-10-22(21)23/h4-5,7-11H,2-3,6,12-20H2,1H3,(H,24,25). The monoisotopic (exact) mass is 470 g/mol. The molecule has 0 aliphatic carbocycles. The SMILES string of the molecule is CCCCCOP(=O)(O)OCCOCCOCCOCCOc1cccc2ccccc12. The number of hydrogen-bond donors (Lipinski definition) is 1. The minimum Gasteiger partial charge on any atom is -0.491 e. The van der Waals surface area contributed by atoms with Crippen LogP contribution in [0.25, 0.3) is 10.8 Å². The van der Waals surface area contributed by atoms with Crippen molar-refractivity contribution in [2.45, 2.75) is 26.2 Å². The zero-order valence-electron chi connectivity index (χ0n) is 18.8. The summed E-state index contributed by atoms with van der Waals surface area (Å²) < 4.78 is 43.4. The lowest BCUT2D eigenvalue weighted by atomic mass is 10.1. The predicted molar refractivity (Wildman–Crippen MR) is 123 cm³/mol. The lowest BCUT2D eigenvalue weighted by molar-refractivity contribution is 0.00283. The molecule has 0 heterocycles. The molecular weight excluding hydrogens is 435 g/mol. The van der Waals surface area contributed by atoms with Crippen molar-refractivity contribution in [1.29, 1.82) is 0 Å². The molecule has 0 aromatic heterocycles. The van der Waals surface area contributed by atoms with E-state index in [2.05, 4.69) is 12.1 Å². The average molecular weight is 470 g/mol. The van der Waals surface area contributed by atoms with Crippen LogP contribution in [0.15, 0.2) is 42.5 Å². The fraction of sp³-hybridized carbons (Fsp3) is 0.565. The molecule has 0 bridgehead atoms. The van der Waals surface area contributed by atoms with E-state index in [0.717, 1.165) is 35.8 Å². The van der Waals surface area contributed by atoms with Crippen molar-refractivity contribution < 1.29 is 37.5 Å². The molecule has 0 aliphatic heterocycles. The molecule has 0 spiro atoms. The van der Waals surface area contributed by atoms with E-state index in [-0.39, 0.29) is 19.8 Å². The van der Waals surface area contributed by atoms with Crippen LogP contribution in [-0.2, 0) is 27.8 Å². The van der Waals surface area contributed by atoms with Crippen molar-refractivity contribution in [3.63, 3.8) is 0 Å². The maximum Gasteiger partial charge on any atom is 0.472 e. The highest BCUT2D eigenvalue weighted by atomic mass is 31.2. The number of phosphoric acid groups is 1. The van der Waals surface area contributed by atoms with Gasteiger partial charge in [0.25, 0.3) is 0 Å². The Morgan fingerprint density at radius 3 is 2.03 bits per heavy atom. The molecule has 180 valence electrons. The minimum absolute atomic E-state index is 0.0125. The Balaban J connectivity index is 1.38. The number of benzene rings is 2. The van der Waals surface area contributed by atoms with E-state index < -0.39 is 7.82 Å². The third-order valence-corrected chi connectivity index (χ3v) is 5.48. The van der Waals surface area contributed by atoms with Crippen LogP contribution >= 0.6 is 7.82 Å². The molecule has 0 fully saturated rings. The Morgan fingerprint density at radius 2 is 1.31 bits per heavy atom. The summed E-state index contributed by atoms with van der Waals surface area (Å²) in [5.74, 6) is 0.852. The van der Waals surface area contributed by atoms with Crippen molar-refractivity contribution in [2.75, 3.05) is 59.5 Å². The molecule has 1 unspecified atom stereocenters. The van der Waals surface area contributed by atoms with Crippen molar-refractivity contribution in [2.24, 2.45) is 0 Å². The van der Waals surface area contributed by atoms with Gasteiger partial charge in [-0.05, 0) is 17.9 Å². The summed E-state index contributed by atoms with van der Waals surface area (Å²) in [4.78, 5) is 9.49. The van der Waals surface area contributed by atoms with Crippen LogP contribution in [0, 0.1) is 0 Å². The van der Waals surface area contributed by atoms with Gasteiger partial charge >= 0.3 is 7.82 Å². The molecule has 0 amide bonds. The first-order valence-corrected chi connectivity index (χ1v) is 12.6. The first-order chi connectivity index (χ1) is 15.6. The average Bonchev–Trinajstić information content (AvgIpc) is 2.80. The maximum absolute atomic E-state index is 11.6. The van der Waals surface area contributed by atoms with Gasteiger partial charge in [-0.2, -0.15) is 0 Å². The van der Waals surface area contributed by atoms with Crippen molar-refractivity contribution in [3.05, 3.63) is 42.5 Å². The fourth-order valence-electron chi connectivity index (χ4n) is 2.85. The van der Waals surface area contributed by atoms with E-state index in [0.29, 0.717) is 39.6 Å². The van der Waals surface area contributed by atoms with Crippen LogP contribution in [0.5, 0.6) is 5.75 Å². The highest BCUT2D eigenvalue weighted by Crippen LogP contribution is 2.43. The molecular formula is C23H35O8P. The van der Waals surface area contributed by atoms with Crippen molar-refractivity contribution >= 4 is 18.6 Å². The van der Waals surface area contributed by atoms with E-state index in [1.807, 2.05) is 37.3 Å².